The molecule has 0 fully saturated rings. The first-order valence-electron chi connectivity index (χ1n) is 10.9. The van der Waals surface area contributed by atoms with Crippen molar-refractivity contribution in [1.29, 1.82) is 0 Å². The van der Waals surface area contributed by atoms with Crippen molar-refractivity contribution in [2.45, 2.75) is 34.1 Å². The minimum absolute atomic E-state index is 0.223. The molecule has 4 aromatic rings. The Kier molecular flexibility index (Phi) is 5.45. The summed E-state index contributed by atoms with van der Waals surface area (Å²) in [6.07, 6.45) is 0.683. The Hall–Kier alpha value is -2.97. The van der Waals surface area contributed by atoms with Crippen molar-refractivity contribution in [2.75, 3.05) is 0 Å². The van der Waals surface area contributed by atoms with Crippen LogP contribution >= 0.6 is 9.39 Å². The van der Waals surface area contributed by atoms with E-state index in [1.54, 1.807) is 0 Å². The third-order valence-corrected chi connectivity index (χ3v) is 6.44. The lowest BCUT2D eigenvalue weighted by atomic mass is 9.92. The fraction of sp³-hybridized carbons (Fsp3) is 0.231. The van der Waals surface area contributed by atoms with Gasteiger partial charge in [-0.2, -0.15) is 0 Å². The number of benzene rings is 3. The molecule has 0 N–H and O–H groups in total. The normalized spacial score (nSPS) is 13.4. The number of carbonyl (C=O) groups is 2. The third-order valence-electron chi connectivity index (χ3n) is 5.97. The van der Waals surface area contributed by atoms with E-state index in [0.29, 0.717) is 17.5 Å². The van der Waals surface area contributed by atoms with E-state index in [1.807, 2.05) is 65.1 Å². The Morgan fingerprint density at radius 3 is 2.16 bits per heavy atom. The summed E-state index contributed by atoms with van der Waals surface area (Å²) in [6.45, 7) is 8.00. The maximum atomic E-state index is 13.0. The molecule has 4 nitrogen and oxygen atoms in total. The van der Waals surface area contributed by atoms with Crippen LogP contribution in [0.2, 0.25) is 0 Å². The largest absolute Gasteiger partial charge is 0.343 e. The van der Waals surface area contributed by atoms with Crippen LogP contribution in [0.25, 0.3) is 32.9 Å². The van der Waals surface area contributed by atoms with Crippen molar-refractivity contribution in [3.05, 3.63) is 70.8 Å². The highest BCUT2D eigenvalue weighted by atomic mass is 31.0. The zero-order chi connectivity index (χ0) is 22.4. The van der Waals surface area contributed by atoms with E-state index < -0.39 is 0 Å². The molecule has 31 heavy (non-hydrogen) atoms. The van der Waals surface area contributed by atoms with Crippen molar-refractivity contribution in [2.24, 2.45) is 7.05 Å². The Morgan fingerprint density at radius 1 is 0.806 bits per heavy atom. The molecule has 0 spiro atoms. The van der Waals surface area contributed by atoms with Crippen LogP contribution in [-0.2, 0) is 13.5 Å². The quantitative estimate of drug-likeness (QED) is 0.212. The van der Waals surface area contributed by atoms with E-state index >= 15 is 0 Å². The van der Waals surface area contributed by atoms with Crippen LogP contribution in [-0.4, -0.2) is 21.1 Å². The van der Waals surface area contributed by atoms with Gasteiger partial charge in [-0.3, -0.25) is 14.3 Å². The first kappa shape index (κ1) is 21.3. The minimum Gasteiger partial charge on any atom is -0.343 e. The van der Waals surface area contributed by atoms with Gasteiger partial charge in [0.1, 0.15) is 0 Å². The minimum atomic E-state index is -0.236. The van der Waals surface area contributed by atoms with Gasteiger partial charge in [-0.25, -0.2) is 0 Å². The van der Waals surface area contributed by atoms with Gasteiger partial charge in [-0.15, -0.1) is 0 Å². The predicted octanol–water partition coefficient (Wildman–Crippen LogP) is 6.34. The lowest BCUT2D eigenvalue weighted by molar-refractivity contribution is 0.0776. The first-order chi connectivity index (χ1) is 15.1. The van der Waals surface area contributed by atoms with Crippen molar-refractivity contribution in [3.8, 4) is 11.1 Å². The summed E-state index contributed by atoms with van der Waals surface area (Å²) in [5.74, 6) is -0.459. The number of imide groups is 1. The molecule has 0 saturated carbocycles. The van der Waals surface area contributed by atoms with Crippen molar-refractivity contribution < 1.29 is 9.59 Å². The second-order valence-electron chi connectivity index (χ2n) is 7.22. The molecule has 2 aliphatic rings. The Morgan fingerprint density at radius 2 is 1.42 bits per heavy atom. The number of fused-ring (bicyclic) bond motifs is 10. The zero-order valence-corrected chi connectivity index (χ0v) is 19.8. The van der Waals surface area contributed by atoms with Crippen LogP contribution in [0.1, 0.15) is 59.5 Å². The van der Waals surface area contributed by atoms with Gasteiger partial charge in [0.05, 0.1) is 16.6 Å². The van der Waals surface area contributed by atoms with Gasteiger partial charge in [0, 0.05) is 28.9 Å². The summed E-state index contributed by atoms with van der Waals surface area (Å²) < 4.78 is 3.34. The molecule has 0 radical (unpaired) electrons. The standard InChI is InChI=1S/C22H15N2O2P.2C2H6/c1-23-15-9-5-4-8-13(15)17-19-18(21(25)24(27)22(19)26)14-10-11-6-2-3-7-12(11)16(14)20(17)23;2*1-2/h2-9H,10,27H2,1H3;2*1-2H3. The molecule has 3 aromatic carbocycles. The number of hydrogen-bond acceptors (Lipinski definition) is 2. The van der Waals surface area contributed by atoms with Crippen molar-refractivity contribution >= 4 is 43.0 Å². The fourth-order valence-corrected chi connectivity index (χ4v) is 5.10. The molecule has 2 amide bonds. The molecule has 5 heteroatoms. The Labute approximate surface area is 185 Å². The van der Waals surface area contributed by atoms with Gasteiger partial charge in [0.15, 0.2) is 0 Å². The molecular weight excluding hydrogens is 403 g/mol. The molecule has 0 saturated heterocycles. The van der Waals surface area contributed by atoms with E-state index in [-0.39, 0.29) is 11.8 Å². The average Bonchev–Trinajstić information content (AvgIpc) is 3.42. The van der Waals surface area contributed by atoms with E-state index in [2.05, 4.69) is 32.2 Å². The number of aryl methyl sites for hydroxylation is 1. The summed E-state index contributed by atoms with van der Waals surface area (Å²) in [6, 6.07) is 16.4. The Bertz CT molecular complexity index is 1370. The van der Waals surface area contributed by atoms with Crippen LogP contribution in [0.15, 0.2) is 48.5 Å². The van der Waals surface area contributed by atoms with Crippen LogP contribution in [0.5, 0.6) is 0 Å². The second kappa shape index (κ2) is 7.94. The lowest BCUT2D eigenvalue weighted by Crippen LogP contribution is -2.17. The predicted molar refractivity (Wildman–Crippen MR) is 132 cm³/mol. The van der Waals surface area contributed by atoms with Crippen LogP contribution < -0.4 is 0 Å². The van der Waals surface area contributed by atoms with Crippen LogP contribution in [0.4, 0.5) is 0 Å². The number of rotatable bonds is 0. The van der Waals surface area contributed by atoms with E-state index in [4.69, 9.17) is 0 Å². The molecule has 158 valence electrons. The fourth-order valence-electron chi connectivity index (χ4n) is 4.84. The van der Waals surface area contributed by atoms with Gasteiger partial charge in [0.2, 0.25) is 0 Å². The van der Waals surface area contributed by atoms with Gasteiger partial charge < -0.3 is 4.57 Å². The molecule has 2 heterocycles. The number of nitrogens with zero attached hydrogens (tertiary/aromatic N) is 2. The third kappa shape index (κ3) is 2.71. The molecule has 1 aliphatic carbocycles. The zero-order valence-electron chi connectivity index (χ0n) is 18.6. The maximum absolute atomic E-state index is 13.0. The number of aromatic nitrogens is 1. The second-order valence-corrected chi connectivity index (χ2v) is 7.73. The van der Waals surface area contributed by atoms with Crippen molar-refractivity contribution in [1.82, 2.24) is 9.24 Å². The summed E-state index contributed by atoms with van der Waals surface area (Å²) in [5.41, 5.74) is 7.67. The Balaban J connectivity index is 0.000000549. The van der Waals surface area contributed by atoms with Gasteiger partial charge >= 0.3 is 0 Å². The van der Waals surface area contributed by atoms with Gasteiger partial charge in [-0.05, 0) is 38.6 Å². The molecular formula is C26H27N2O2P. The molecule has 6 rings (SSSR count). The highest BCUT2D eigenvalue weighted by Crippen LogP contribution is 2.49. The SMILES string of the molecule is CC.CC.Cn1c2ccccc2c2c3c(c4c(c21)-c1ccccc1C4)C(=O)N(P)C3=O. The maximum Gasteiger partial charge on any atom is 0.265 e. The summed E-state index contributed by atoms with van der Waals surface area (Å²) in [5, 5.41) is 1.90. The van der Waals surface area contributed by atoms with E-state index in [0.717, 1.165) is 38.5 Å². The van der Waals surface area contributed by atoms with Crippen LogP contribution in [0, 0.1) is 0 Å². The number of amides is 2. The van der Waals surface area contributed by atoms with Crippen molar-refractivity contribution in [3.63, 3.8) is 0 Å². The molecule has 1 unspecified atom stereocenters. The van der Waals surface area contributed by atoms with E-state index in [9.17, 15) is 9.59 Å². The van der Waals surface area contributed by atoms with Gasteiger partial charge in [0.25, 0.3) is 11.8 Å². The average molecular weight is 430 g/mol. The van der Waals surface area contributed by atoms with E-state index in [1.165, 1.54) is 10.2 Å². The number of hydrogen-bond donors (Lipinski definition) is 0. The van der Waals surface area contributed by atoms with Gasteiger partial charge in [-0.1, -0.05) is 70.2 Å². The number of carbonyl (C=O) groups excluding carboxylic acids is 2. The molecule has 0 bridgehead atoms. The monoisotopic (exact) mass is 430 g/mol. The number of para-hydroxylation sites is 1. The lowest BCUT2D eigenvalue weighted by Gasteiger charge is -2.10. The molecule has 1 atom stereocenters. The molecule has 1 aromatic heterocycles. The summed E-state index contributed by atoms with van der Waals surface area (Å²) >= 11 is 0. The van der Waals surface area contributed by atoms with Crippen LogP contribution in [0.3, 0.4) is 0 Å². The topological polar surface area (TPSA) is 42.3 Å². The highest BCUT2D eigenvalue weighted by Gasteiger charge is 2.41. The highest BCUT2D eigenvalue weighted by molar-refractivity contribution is 7.16. The smallest absolute Gasteiger partial charge is 0.265 e. The summed E-state index contributed by atoms with van der Waals surface area (Å²) in [4.78, 5) is 26.0. The summed E-state index contributed by atoms with van der Waals surface area (Å²) in [7, 11) is 4.33. The first-order valence-corrected chi connectivity index (χ1v) is 11.4. The molecule has 1 aliphatic heterocycles.